The van der Waals surface area contributed by atoms with Gasteiger partial charge >= 0.3 is 11.9 Å². The Balaban J connectivity index is 4.15. The summed E-state index contributed by atoms with van der Waals surface area (Å²) >= 11 is 0. The number of carbonyl (C=O) groups excluding carboxylic acids is 1. The summed E-state index contributed by atoms with van der Waals surface area (Å²) in [6.07, 6.45) is -0.776. The first-order chi connectivity index (χ1) is 7.86. The van der Waals surface area contributed by atoms with Crippen molar-refractivity contribution in [3.05, 3.63) is 0 Å². The van der Waals surface area contributed by atoms with Gasteiger partial charge in [-0.25, -0.2) is 0 Å². The van der Waals surface area contributed by atoms with Crippen molar-refractivity contribution in [2.24, 2.45) is 5.92 Å². The number of aliphatic hydroxyl groups excluding tert-OH is 1. The first kappa shape index (κ1) is 15.9. The molecule has 0 fully saturated rings. The van der Waals surface area contributed by atoms with Crippen molar-refractivity contribution < 1.29 is 24.5 Å². The number of hydrogen-bond acceptors (Lipinski definition) is 5. The summed E-state index contributed by atoms with van der Waals surface area (Å²) in [5.74, 6) is -1.18. The Morgan fingerprint density at radius 1 is 1.35 bits per heavy atom. The van der Waals surface area contributed by atoms with E-state index in [9.17, 15) is 14.7 Å². The minimum atomic E-state index is -1.07. The second-order valence-electron chi connectivity index (χ2n) is 4.37. The number of aliphatic carboxylic acids is 1. The molecule has 100 valence electrons. The lowest BCUT2D eigenvalue weighted by atomic mass is 10.0. The summed E-state index contributed by atoms with van der Waals surface area (Å²) in [6.45, 7) is 3.98. The number of aliphatic hydroxyl groups is 1. The maximum atomic E-state index is 11.4. The predicted octanol–water partition coefficient (Wildman–Crippen LogP) is -0.000700. The zero-order chi connectivity index (χ0) is 13.4. The Hall–Kier alpha value is -1.14. The average Bonchev–Trinajstić information content (AvgIpc) is 2.21. The highest BCUT2D eigenvalue weighted by Gasteiger charge is 2.21. The fraction of sp³-hybridized carbons (Fsp3) is 0.818. The van der Waals surface area contributed by atoms with Crippen molar-refractivity contribution >= 4 is 11.9 Å². The highest BCUT2D eigenvalue weighted by Crippen LogP contribution is 2.06. The lowest BCUT2D eigenvalue weighted by molar-refractivity contribution is -0.143. The van der Waals surface area contributed by atoms with E-state index in [1.54, 1.807) is 0 Å². The molecule has 0 aromatic carbocycles. The molecule has 0 aromatic rings. The number of carboxylic acids is 1. The summed E-state index contributed by atoms with van der Waals surface area (Å²) in [7, 11) is 1.30. The number of ether oxygens (including phenoxy) is 1. The molecule has 0 saturated heterocycles. The molecule has 0 rings (SSSR count). The van der Waals surface area contributed by atoms with Gasteiger partial charge in [0.1, 0.15) is 6.04 Å². The maximum absolute atomic E-state index is 11.4. The Bertz CT molecular complexity index is 254. The molecule has 0 aromatic heterocycles. The summed E-state index contributed by atoms with van der Waals surface area (Å²) in [6, 6.07) is -0.511. The van der Waals surface area contributed by atoms with Gasteiger partial charge in [0.2, 0.25) is 0 Å². The molecule has 2 unspecified atom stereocenters. The topological polar surface area (TPSA) is 95.9 Å². The molecular formula is C11H21NO5. The number of hydrogen-bond donors (Lipinski definition) is 3. The van der Waals surface area contributed by atoms with Crippen LogP contribution in [0.4, 0.5) is 0 Å². The number of carbonyl (C=O) groups is 2. The fourth-order valence-corrected chi connectivity index (χ4v) is 1.43. The van der Waals surface area contributed by atoms with Crippen molar-refractivity contribution in [1.82, 2.24) is 5.32 Å². The van der Waals surface area contributed by atoms with Gasteiger partial charge in [0, 0.05) is 6.54 Å². The van der Waals surface area contributed by atoms with E-state index in [4.69, 9.17) is 5.11 Å². The largest absolute Gasteiger partial charge is 0.481 e. The standard InChI is InChI=1S/C11H21NO5/c1-7(2)4-9(11(16)17-3)12-6-8(13)5-10(14)15/h7-9,12-13H,4-6H2,1-3H3,(H,14,15). The molecule has 0 heterocycles. The summed E-state index contributed by atoms with van der Waals surface area (Å²) in [5, 5.41) is 20.7. The van der Waals surface area contributed by atoms with Crippen LogP contribution >= 0.6 is 0 Å². The Kier molecular flexibility index (Phi) is 7.49. The van der Waals surface area contributed by atoms with Crippen LogP contribution in [0.25, 0.3) is 0 Å². The Labute approximate surface area is 101 Å². The van der Waals surface area contributed by atoms with E-state index in [0.29, 0.717) is 12.3 Å². The smallest absolute Gasteiger partial charge is 0.322 e. The Morgan fingerprint density at radius 2 is 1.94 bits per heavy atom. The lowest BCUT2D eigenvalue weighted by Gasteiger charge is -2.19. The molecular weight excluding hydrogens is 226 g/mol. The molecule has 3 N–H and O–H groups in total. The monoisotopic (exact) mass is 247 g/mol. The van der Waals surface area contributed by atoms with Crippen LogP contribution < -0.4 is 5.32 Å². The third-order valence-electron chi connectivity index (χ3n) is 2.20. The minimum absolute atomic E-state index is 0.0544. The zero-order valence-electron chi connectivity index (χ0n) is 10.5. The Morgan fingerprint density at radius 3 is 2.35 bits per heavy atom. The first-order valence-electron chi connectivity index (χ1n) is 5.57. The van der Waals surface area contributed by atoms with Crippen molar-refractivity contribution in [2.45, 2.75) is 38.8 Å². The number of methoxy groups -OCH3 is 1. The van der Waals surface area contributed by atoms with E-state index in [-0.39, 0.29) is 13.0 Å². The van der Waals surface area contributed by atoms with Crippen molar-refractivity contribution in [2.75, 3.05) is 13.7 Å². The summed E-state index contributed by atoms with van der Waals surface area (Å²) in [5.41, 5.74) is 0. The highest BCUT2D eigenvalue weighted by molar-refractivity contribution is 5.75. The first-order valence-corrected chi connectivity index (χ1v) is 5.57. The van der Waals surface area contributed by atoms with Gasteiger partial charge in [-0.15, -0.1) is 0 Å². The third kappa shape index (κ3) is 7.70. The van der Waals surface area contributed by atoms with Crippen molar-refractivity contribution in [3.63, 3.8) is 0 Å². The van der Waals surface area contributed by atoms with Crippen LogP contribution in [0.2, 0.25) is 0 Å². The van der Waals surface area contributed by atoms with Crippen LogP contribution in [0.5, 0.6) is 0 Å². The molecule has 6 nitrogen and oxygen atoms in total. The van der Waals surface area contributed by atoms with Gasteiger partial charge in [0.25, 0.3) is 0 Å². The molecule has 0 bridgehead atoms. The van der Waals surface area contributed by atoms with Gasteiger partial charge in [0.15, 0.2) is 0 Å². The van der Waals surface area contributed by atoms with Gasteiger partial charge in [-0.3, -0.25) is 9.59 Å². The molecule has 17 heavy (non-hydrogen) atoms. The highest BCUT2D eigenvalue weighted by atomic mass is 16.5. The minimum Gasteiger partial charge on any atom is -0.481 e. The van der Waals surface area contributed by atoms with Crippen LogP contribution in [-0.4, -0.2) is 48.0 Å². The maximum Gasteiger partial charge on any atom is 0.322 e. The van der Waals surface area contributed by atoms with E-state index in [0.717, 1.165) is 0 Å². The normalized spacial score (nSPS) is 14.4. The van der Waals surface area contributed by atoms with Crippen LogP contribution in [0.15, 0.2) is 0 Å². The second kappa shape index (κ2) is 8.03. The van der Waals surface area contributed by atoms with E-state index in [2.05, 4.69) is 10.1 Å². The quantitative estimate of drug-likeness (QED) is 0.522. The van der Waals surface area contributed by atoms with Crippen molar-refractivity contribution in [1.29, 1.82) is 0 Å². The van der Waals surface area contributed by atoms with Crippen LogP contribution in [0.3, 0.4) is 0 Å². The molecule has 0 saturated carbocycles. The molecule has 0 aliphatic carbocycles. The number of nitrogens with one attached hydrogen (secondary N) is 1. The molecule has 0 aliphatic rings. The number of carboxylic acid groups (broad SMARTS) is 1. The van der Waals surface area contributed by atoms with Gasteiger partial charge in [-0.1, -0.05) is 13.8 Å². The second-order valence-corrected chi connectivity index (χ2v) is 4.37. The van der Waals surface area contributed by atoms with Crippen LogP contribution in [0.1, 0.15) is 26.7 Å². The van der Waals surface area contributed by atoms with E-state index < -0.39 is 24.1 Å². The lowest BCUT2D eigenvalue weighted by Crippen LogP contribution is -2.42. The van der Waals surface area contributed by atoms with E-state index >= 15 is 0 Å². The molecule has 0 spiro atoms. The van der Waals surface area contributed by atoms with Crippen LogP contribution in [0, 0.1) is 5.92 Å². The van der Waals surface area contributed by atoms with Crippen molar-refractivity contribution in [3.8, 4) is 0 Å². The summed E-state index contributed by atoms with van der Waals surface area (Å²) < 4.78 is 4.63. The average molecular weight is 247 g/mol. The number of esters is 1. The fourth-order valence-electron chi connectivity index (χ4n) is 1.43. The van der Waals surface area contributed by atoms with Gasteiger partial charge in [-0.05, 0) is 12.3 Å². The SMILES string of the molecule is COC(=O)C(CC(C)C)NCC(O)CC(=O)O. The van der Waals surface area contributed by atoms with E-state index in [1.807, 2.05) is 13.8 Å². The van der Waals surface area contributed by atoms with E-state index in [1.165, 1.54) is 7.11 Å². The van der Waals surface area contributed by atoms with Gasteiger partial charge < -0.3 is 20.3 Å². The van der Waals surface area contributed by atoms with Crippen LogP contribution in [-0.2, 0) is 14.3 Å². The molecule has 0 amide bonds. The van der Waals surface area contributed by atoms with Gasteiger partial charge in [-0.2, -0.15) is 0 Å². The molecule has 6 heteroatoms. The zero-order valence-corrected chi connectivity index (χ0v) is 10.5. The molecule has 0 radical (unpaired) electrons. The number of rotatable bonds is 8. The molecule has 0 aliphatic heterocycles. The third-order valence-corrected chi connectivity index (χ3v) is 2.20. The molecule has 2 atom stereocenters. The summed E-state index contributed by atoms with van der Waals surface area (Å²) in [4.78, 5) is 21.7. The van der Waals surface area contributed by atoms with Gasteiger partial charge in [0.05, 0.1) is 19.6 Å². The predicted molar refractivity (Wildman–Crippen MR) is 61.5 cm³/mol.